The molecule has 2 heterocycles. The number of fused-ring (bicyclic) bond motifs is 1. The summed E-state index contributed by atoms with van der Waals surface area (Å²) in [6.45, 7) is 2.85. The van der Waals surface area contributed by atoms with E-state index < -0.39 is 0 Å². The number of halogens is 1. The highest BCUT2D eigenvalue weighted by Crippen LogP contribution is 2.28. The van der Waals surface area contributed by atoms with Crippen molar-refractivity contribution in [1.29, 1.82) is 0 Å². The summed E-state index contributed by atoms with van der Waals surface area (Å²) in [7, 11) is 0. The van der Waals surface area contributed by atoms with Gasteiger partial charge < -0.3 is 9.88 Å². The molecule has 0 unspecified atom stereocenters. The molecule has 1 N–H and O–H groups in total. The van der Waals surface area contributed by atoms with Gasteiger partial charge in [-0.3, -0.25) is 4.79 Å². The normalized spacial score (nSPS) is 13.9. The number of carbonyl (C=O) groups excluding carboxylic acids is 1. The van der Waals surface area contributed by atoms with Gasteiger partial charge in [-0.15, -0.1) is 0 Å². The van der Waals surface area contributed by atoms with E-state index in [1.165, 1.54) is 0 Å². The van der Waals surface area contributed by atoms with E-state index in [1.54, 1.807) is 6.92 Å². The lowest BCUT2D eigenvalue weighted by molar-refractivity contribution is -0.129. The molecular formula is C15H14ClN3OS. The van der Waals surface area contributed by atoms with E-state index in [0.717, 1.165) is 28.9 Å². The zero-order valence-corrected chi connectivity index (χ0v) is 13.1. The summed E-state index contributed by atoms with van der Waals surface area (Å²) in [6, 6.07) is 7.51. The van der Waals surface area contributed by atoms with Crippen molar-refractivity contribution in [2.24, 2.45) is 0 Å². The molecule has 0 atom stereocenters. The van der Waals surface area contributed by atoms with Crippen LogP contribution in [0.1, 0.15) is 18.2 Å². The fraction of sp³-hybridized carbons (Fsp3) is 0.267. The first-order chi connectivity index (χ1) is 10.0. The van der Waals surface area contributed by atoms with E-state index in [9.17, 15) is 4.79 Å². The number of nitrogens with zero attached hydrogens (tertiary/aromatic N) is 2. The average Bonchev–Trinajstić information content (AvgIpc) is 2.46. The Morgan fingerprint density at radius 1 is 1.38 bits per heavy atom. The smallest absolute Gasteiger partial charge is 0.219 e. The van der Waals surface area contributed by atoms with Gasteiger partial charge in [0.15, 0.2) is 4.77 Å². The van der Waals surface area contributed by atoms with Crippen molar-refractivity contribution >= 4 is 29.7 Å². The standard InChI is InChI=1S/C15H14ClN3OS/c1-9(20)19-7-6-13-12(8-19)14(18-15(21)17-13)10-2-4-11(16)5-3-10/h2-5H,6-8H2,1H3,(H,17,18,21). The van der Waals surface area contributed by atoms with E-state index in [2.05, 4.69) is 9.97 Å². The molecule has 108 valence electrons. The number of nitrogens with one attached hydrogen (secondary N) is 1. The molecular weight excluding hydrogens is 306 g/mol. The molecule has 0 bridgehead atoms. The summed E-state index contributed by atoms with van der Waals surface area (Å²) in [5.41, 5.74) is 3.89. The maximum atomic E-state index is 11.6. The predicted molar refractivity (Wildman–Crippen MR) is 84.7 cm³/mol. The quantitative estimate of drug-likeness (QED) is 0.820. The van der Waals surface area contributed by atoms with Crippen LogP contribution in [0.15, 0.2) is 24.3 Å². The van der Waals surface area contributed by atoms with Crippen LogP contribution in [0, 0.1) is 4.77 Å². The van der Waals surface area contributed by atoms with Gasteiger partial charge in [0.2, 0.25) is 5.91 Å². The summed E-state index contributed by atoms with van der Waals surface area (Å²) in [5.74, 6) is 0.0742. The molecule has 21 heavy (non-hydrogen) atoms. The van der Waals surface area contributed by atoms with Gasteiger partial charge in [-0.2, -0.15) is 0 Å². The topological polar surface area (TPSA) is 49.0 Å². The third-order valence-electron chi connectivity index (χ3n) is 3.66. The molecule has 0 spiro atoms. The number of carbonyl (C=O) groups is 1. The number of aromatic amines is 1. The lowest BCUT2D eigenvalue weighted by atomic mass is 9.99. The minimum atomic E-state index is 0.0742. The van der Waals surface area contributed by atoms with E-state index in [-0.39, 0.29) is 5.91 Å². The highest BCUT2D eigenvalue weighted by Gasteiger charge is 2.22. The molecule has 0 fully saturated rings. The van der Waals surface area contributed by atoms with Gasteiger partial charge in [0.25, 0.3) is 0 Å². The van der Waals surface area contributed by atoms with Gasteiger partial charge in [0.05, 0.1) is 5.69 Å². The largest absolute Gasteiger partial charge is 0.338 e. The first-order valence-electron chi connectivity index (χ1n) is 6.68. The minimum Gasteiger partial charge on any atom is -0.338 e. The Bertz CT molecular complexity index is 755. The van der Waals surface area contributed by atoms with Crippen LogP contribution >= 0.6 is 23.8 Å². The first-order valence-corrected chi connectivity index (χ1v) is 7.47. The van der Waals surface area contributed by atoms with Crippen molar-refractivity contribution in [3.63, 3.8) is 0 Å². The van der Waals surface area contributed by atoms with E-state index in [1.807, 2.05) is 29.2 Å². The molecule has 1 aliphatic heterocycles. The highest BCUT2D eigenvalue weighted by molar-refractivity contribution is 7.71. The Morgan fingerprint density at radius 3 is 2.76 bits per heavy atom. The Hall–Kier alpha value is -1.72. The van der Waals surface area contributed by atoms with Crippen LogP contribution in [-0.4, -0.2) is 27.3 Å². The van der Waals surface area contributed by atoms with Crippen LogP contribution in [0.3, 0.4) is 0 Å². The monoisotopic (exact) mass is 319 g/mol. The Labute approximate surface area is 132 Å². The summed E-state index contributed by atoms with van der Waals surface area (Å²) in [5, 5.41) is 0.680. The second kappa shape index (κ2) is 5.58. The molecule has 0 aliphatic carbocycles. The van der Waals surface area contributed by atoms with Crippen molar-refractivity contribution in [2.45, 2.75) is 19.9 Å². The van der Waals surface area contributed by atoms with Crippen LogP contribution in [-0.2, 0) is 17.8 Å². The Morgan fingerprint density at radius 2 is 2.10 bits per heavy atom. The summed E-state index contributed by atoms with van der Waals surface area (Å²) < 4.78 is 0.468. The average molecular weight is 320 g/mol. The van der Waals surface area contributed by atoms with E-state index in [4.69, 9.17) is 23.8 Å². The molecule has 6 heteroatoms. The number of aromatic nitrogens is 2. The van der Waals surface area contributed by atoms with E-state index in [0.29, 0.717) is 22.9 Å². The second-order valence-electron chi connectivity index (χ2n) is 5.05. The fourth-order valence-electron chi connectivity index (χ4n) is 2.56. The number of hydrogen-bond donors (Lipinski definition) is 1. The van der Waals surface area contributed by atoms with Crippen LogP contribution in [0.4, 0.5) is 0 Å². The maximum absolute atomic E-state index is 11.6. The van der Waals surface area contributed by atoms with Gasteiger partial charge in [0.1, 0.15) is 0 Å². The molecule has 0 saturated carbocycles. The Balaban J connectivity index is 2.13. The third kappa shape index (κ3) is 2.84. The fourth-order valence-corrected chi connectivity index (χ4v) is 2.90. The van der Waals surface area contributed by atoms with Crippen molar-refractivity contribution in [3.05, 3.63) is 45.3 Å². The van der Waals surface area contributed by atoms with Gasteiger partial charge in [-0.1, -0.05) is 23.7 Å². The zero-order chi connectivity index (χ0) is 15.0. The molecule has 1 aromatic heterocycles. The van der Waals surface area contributed by atoms with E-state index >= 15 is 0 Å². The zero-order valence-electron chi connectivity index (χ0n) is 11.5. The second-order valence-corrected chi connectivity index (χ2v) is 5.87. The van der Waals surface area contributed by atoms with Gasteiger partial charge in [-0.05, 0) is 24.4 Å². The molecule has 3 rings (SSSR count). The van der Waals surface area contributed by atoms with Crippen molar-refractivity contribution in [2.75, 3.05) is 6.54 Å². The summed E-state index contributed by atoms with van der Waals surface area (Å²) in [6.07, 6.45) is 0.766. The minimum absolute atomic E-state index is 0.0742. The van der Waals surface area contributed by atoms with Crippen molar-refractivity contribution in [1.82, 2.24) is 14.9 Å². The van der Waals surface area contributed by atoms with Crippen molar-refractivity contribution in [3.8, 4) is 11.3 Å². The maximum Gasteiger partial charge on any atom is 0.219 e. The molecule has 2 aromatic rings. The molecule has 1 aliphatic rings. The lowest BCUT2D eigenvalue weighted by Gasteiger charge is -2.28. The molecule has 0 radical (unpaired) electrons. The number of H-pyrrole nitrogens is 1. The molecule has 1 aromatic carbocycles. The first kappa shape index (κ1) is 14.2. The lowest BCUT2D eigenvalue weighted by Crippen LogP contribution is -2.35. The van der Waals surface area contributed by atoms with Gasteiger partial charge in [0, 0.05) is 48.3 Å². The number of rotatable bonds is 1. The van der Waals surface area contributed by atoms with Gasteiger partial charge in [-0.25, -0.2) is 4.98 Å². The van der Waals surface area contributed by atoms with Crippen LogP contribution in [0.5, 0.6) is 0 Å². The number of benzene rings is 1. The molecule has 4 nitrogen and oxygen atoms in total. The number of hydrogen-bond acceptors (Lipinski definition) is 3. The molecule has 0 saturated heterocycles. The van der Waals surface area contributed by atoms with Crippen LogP contribution in [0.2, 0.25) is 5.02 Å². The Kier molecular flexibility index (Phi) is 3.78. The van der Waals surface area contributed by atoms with Gasteiger partial charge >= 0.3 is 0 Å². The third-order valence-corrected chi connectivity index (χ3v) is 4.11. The SMILES string of the molecule is CC(=O)N1CCc2[nH]c(=S)nc(-c3ccc(Cl)cc3)c2C1. The summed E-state index contributed by atoms with van der Waals surface area (Å²) in [4.78, 5) is 21.1. The molecule has 1 amide bonds. The van der Waals surface area contributed by atoms with Crippen molar-refractivity contribution < 1.29 is 4.79 Å². The van der Waals surface area contributed by atoms with Crippen LogP contribution in [0.25, 0.3) is 11.3 Å². The predicted octanol–water partition coefficient (Wildman–Crippen LogP) is 3.36. The summed E-state index contributed by atoms with van der Waals surface area (Å²) >= 11 is 11.2. The highest BCUT2D eigenvalue weighted by atomic mass is 35.5. The number of amides is 1. The van der Waals surface area contributed by atoms with Crippen LogP contribution < -0.4 is 0 Å².